The van der Waals surface area contributed by atoms with Crippen LogP contribution in [0.25, 0.3) is 0 Å². The molecule has 2 N–H and O–H groups in total. The predicted molar refractivity (Wildman–Crippen MR) is 85.5 cm³/mol. The second-order valence-corrected chi connectivity index (χ2v) is 7.16. The van der Waals surface area contributed by atoms with Crippen molar-refractivity contribution in [2.75, 3.05) is 6.61 Å². The molecule has 0 unspecified atom stereocenters. The summed E-state index contributed by atoms with van der Waals surface area (Å²) in [5.74, 6) is 0. The average Bonchev–Trinajstić information content (AvgIpc) is 2.47. The Kier molecular flexibility index (Phi) is 5.52. The average molecular weight is 370 g/mol. The van der Waals surface area contributed by atoms with E-state index in [2.05, 4.69) is 20.7 Å². The van der Waals surface area contributed by atoms with Crippen LogP contribution < -0.4 is 4.72 Å². The van der Waals surface area contributed by atoms with E-state index in [0.717, 1.165) is 5.56 Å². The third kappa shape index (κ3) is 4.38. The van der Waals surface area contributed by atoms with E-state index in [1.54, 1.807) is 18.2 Å². The van der Waals surface area contributed by atoms with Crippen molar-refractivity contribution in [2.24, 2.45) is 0 Å². The molecule has 0 aliphatic rings. The zero-order chi connectivity index (χ0) is 15.3. The van der Waals surface area contributed by atoms with Crippen molar-refractivity contribution in [1.82, 2.24) is 4.72 Å². The Labute approximate surface area is 133 Å². The van der Waals surface area contributed by atoms with Gasteiger partial charge in [-0.2, -0.15) is 0 Å². The number of aliphatic hydroxyl groups excluding tert-OH is 1. The maximum Gasteiger partial charge on any atom is 0.242 e. The molecule has 6 heteroatoms. The molecule has 2 aromatic carbocycles. The highest BCUT2D eigenvalue weighted by atomic mass is 79.9. The van der Waals surface area contributed by atoms with Gasteiger partial charge in [0.2, 0.25) is 10.0 Å². The number of hydrogen-bond acceptors (Lipinski definition) is 3. The van der Waals surface area contributed by atoms with Crippen LogP contribution in [-0.2, 0) is 16.4 Å². The van der Waals surface area contributed by atoms with Crippen LogP contribution in [-0.4, -0.2) is 26.2 Å². The van der Waals surface area contributed by atoms with E-state index >= 15 is 0 Å². The first kappa shape index (κ1) is 16.2. The van der Waals surface area contributed by atoms with Gasteiger partial charge in [-0.3, -0.25) is 0 Å². The standard InChI is InChI=1S/C15H16BrNO3S/c16-14-8-4-5-9-15(14)21(19,20)17-13(11-18)10-12-6-2-1-3-7-12/h1-9,13,17-18H,10-11H2/t13-/m0/s1. The molecule has 21 heavy (non-hydrogen) atoms. The Morgan fingerprint density at radius 3 is 2.29 bits per heavy atom. The van der Waals surface area contributed by atoms with Crippen molar-refractivity contribution in [3.63, 3.8) is 0 Å². The van der Waals surface area contributed by atoms with Gasteiger partial charge in [-0.05, 0) is 40.0 Å². The zero-order valence-corrected chi connectivity index (χ0v) is 13.6. The van der Waals surface area contributed by atoms with E-state index < -0.39 is 16.1 Å². The van der Waals surface area contributed by atoms with Gasteiger partial charge in [-0.15, -0.1) is 0 Å². The SMILES string of the molecule is O=S(=O)(N[C@H](CO)Cc1ccccc1)c1ccccc1Br. The monoisotopic (exact) mass is 369 g/mol. The first-order valence-corrected chi connectivity index (χ1v) is 8.72. The third-order valence-electron chi connectivity index (χ3n) is 2.99. The summed E-state index contributed by atoms with van der Waals surface area (Å²) in [5, 5.41) is 9.43. The number of halogens is 1. The quantitative estimate of drug-likeness (QED) is 0.820. The molecular formula is C15H16BrNO3S. The van der Waals surface area contributed by atoms with Crippen molar-refractivity contribution in [1.29, 1.82) is 0 Å². The van der Waals surface area contributed by atoms with Gasteiger partial charge in [0.25, 0.3) is 0 Å². The third-order valence-corrected chi connectivity index (χ3v) is 5.53. The number of benzene rings is 2. The maximum absolute atomic E-state index is 12.4. The molecule has 2 aromatic rings. The Morgan fingerprint density at radius 1 is 1.05 bits per heavy atom. The number of aliphatic hydroxyl groups is 1. The first-order valence-electron chi connectivity index (χ1n) is 6.44. The van der Waals surface area contributed by atoms with E-state index in [9.17, 15) is 13.5 Å². The molecule has 112 valence electrons. The summed E-state index contributed by atoms with van der Waals surface area (Å²) in [7, 11) is -3.68. The molecule has 0 radical (unpaired) electrons. The molecule has 0 aromatic heterocycles. The Hall–Kier alpha value is -1.21. The molecule has 0 saturated heterocycles. The molecular weight excluding hydrogens is 354 g/mol. The maximum atomic E-state index is 12.4. The minimum atomic E-state index is -3.68. The molecule has 0 fully saturated rings. The molecule has 4 nitrogen and oxygen atoms in total. The fraction of sp³-hybridized carbons (Fsp3) is 0.200. The van der Waals surface area contributed by atoms with Crippen molar-refractivity contribution in [3.8, 4) is 0 Å². The smallest absolute Gasteiger partial charge is 0.242 e. The van der Waals surface area contributed by atoms with Gasteiger partial charge < -0.3 is 5.11 Å². The Balaban J connectivity index is 2.16. The van der Waals surface area contributed by atoms with Crippen molar-refractivity contribution < 1.29 is 13.5 Å². The van der Waals surface area contributed by atoms with E-state index in [1.165, 1.54) is 6.07 Å². The fourth-order valence-corrected chi connectivity index (χ4v) is 4.22. The van der Waals surface area contributed by atoms with Gasteiger partial charge in [0, 0.05) is 10.5 Å². The van der Waals surface area contributed by atoms with Crippen LogP contribution in [0.3, 0.4) is 0 Å². The van der Waals surface area contributed by atoms with Gasteiger partial charge in [0.15, 0.2) is 0 Å². The predicted octanol–water partition coefficient (Wildman–Crippen LogP) is 2.33. The number of rotatable bonds is 6. The summed E-state index contributed by atoms with van der Waals surface area (Å²) in [5.41, 5.74) is 0.964. The molecule has 0 aliphatic carbocycles. The van der Waals surface area contributed by atoms with Gasteiger partial charge in [0.1, 0.15) is 0 Å². The number of hydrogen-bond donors (Lipinski definition) is 2. The van der Waals surface area contributed by atoms with Crippen LogP contribution in [0.1, 0.15) is 5.56 Å². The molecule has 0 spiro atoms. The zero-order valence-electron chi connectivity index (χ0n) is 11.2. The van der Waals surface area contributed by atoms with Crippen LogP contribution in [0.2, 0.25) is 0 Å². The summed E-state index contributed by atoms with van der Waals surface area (Å²) in [6.45, 7) is -0.265. The molecule has 1 atom stereocenters. The summed E-state index contributed by atoms with van der Waals surface area (Å²) in [4.78, 5) is 0.163. The lowest BCUT2D eigenvalue weighted by atomic mass is 10.1. The molecule has 0 saturated carbocycles. The van der Waals surface area contributed by atoms with Crippen LogP contribution in [0.4, 0.5) is 0 Å². The Morgan fingerprint density at radius 2 is 1.67 bits per heavy atom. The lowest BCUT2D eigenvalue weighted by Crippen LogP contribution is -2.39. The second kappa shape index (κ2) is 7.17. The second-order valence-electron chi connectivity index (χ2n) is 4.62. The van der Waals surface area contributed by atoms with Crippen molar-refractivity contribution in [3.05, 3.63) is 64.6 Å². The first-order chi connectivity index (χ1) is 10.0. The highest BCUT2D eigenvalue weighted by Crippen LogP contribution is 2.21. The van der Waals surface area contributed by atoms with Gasteiger partial charge in [0.05, 0.1) is 11.5 Å². The lowest BCUT2D eigenvalue weighted by Gasteiger charge is -2.17. The van der Waals surface area contributed by atoms with Crippen LogP contribution in [0.15, 0.2) is 64.0 Å². The Bertz CT molecular complexity index is 689. The van der Waals surface area contributed by atoms with Crippen molar-refractivity contribution >= 4 is 26.0 Å². The fourth-order valence-electron chi connectivity index (χ4n) is 1.99. The molecule has 2 rings (SSSR count). The minimum Gasteiger partial charge on any atom is -0.395 e. The van der Waals surface area contributed by atoms with Crippen LogP contribution >= 0.6 is 15.9 Å². The topological polar surface area (TPSA) is 66.4 Å². The van der Waals surface area contributed by atoms with E-state index in [1.807, 2.05) is 30.3 Å². The minimum absolute atomic E-state index is 0.163. The molecule has 0 amide bonds. The van der Waals surface area contributed by atoms with Gasteiger partial charge in [-0.1, -0.05) is 42.5 Å². The summed E-state index contributed by atoms with van der Waals surface area (Å²) in [6, 6.07) is 15.5. The van der Waals surface area contributed by atoms with Crippen LogP contribution in [0, 0.1) is 0 Å². The summed E-state index contributed by atoms with van der Waals surface area (Å²) >= 11 is 3.23. The number of sulfonamides is 1. The highest BCUT2D eigenvalue weighted by Gasteiger charge is 2.21. The molecule has 0 heterocycles. The van der Waals surface area contributed by atoms with Gasteiger partial charge >= 0.3 is 0 Å². The van der Waals surface area contributed by atoms with Gasteiger partial charge in [-0.25, -0.2) is 13.1 Å². The summed E-state index contributed by atoms with van der Waals surface area (Å²) in [6.07, 6.45) is 0.432. The highest BCUT2D eigenvalue weighted by molar-refractivity contribution is 9.10. The molecule has 0 aliphatic heterocycles. The normalized spacial score (nSPS) is 13.0. The summed E-state index contributed by atoms with van der Waals surface area (Å²) < 4.78 is 27.8. The number of nitrogens with one attached hydrogen (secondary N) is 1. The van der Waals surface area contributed by atoms with Crippen molar-refractivity contribution in [2.45, 2.75) is 17.4 Å². The van der Waals surface area contributed by atoms with E-state index in [0.29, 0.717) is 10.9 Å². The van der Waals surface area contributed by atoms with E-state index in [4.69, 9.17) is 0 Å². The molecule has 0 bridgehead atoms. The largest absolute Gasteiger partial charge is 0.395 e. The lowest BCUT2D eigenvalue weighted by molar-refractivity contribution is 0.256. The van der Waals surface area contributed by atoms with E-state index in [-0.39, 0.29) is 11.5 Å². The van der Waals surface area contributed by atoms with Crippen LogP contribution in [0.5, 0.6) is 0 Å².